The minimum Gasteiger partial charge on any atom is -0.497 e. The lowest BCUT2D eigenvalue weighted by Gasteiger charge is -2.40. The van der Waals surface area contributed by atoms with Gasteiger partial charge in [0.2, 0.25) is 0 Å². The monoisotopic (exact) mass is 475 g/mol. The first-order chi connectivity index (χ1) is 16.8. The molecule has 7 nitrogen and oxygen atoms in total. The van der Waals surface area contributed by atoms with Crippen molar-refractivity contribution in [1.29, 1.82) is 0 Å². The van der Waals surface area contributed by atoms with Crippen LogP contribution in [-0.2, 0) is 17.8 Å². The number of hydrogen-bond acceptors (Lipinski definition) is 6. The van der Waals surface area contributed by atoms with Gasteiger partial charge in [-0.1, -0.05) is 26.0 Å². The van der Waals surface area contributed by atoms with Crippen LogP contribution in [0.4, 0.5) is 5.69 Å². The molecule has 0 atom stereocenters. The molecule has 1 N–H and O–H groups in total. The number of ether oxygens (including phenoxy) is 2. The van der Waals surface area contributed by atoms with E-state index in [4.69, 9.17) is 9.47 Å². The van der Waals surface area contributed by atoms with E-state index in [-0.39, 0.29) is 11.8 Å². The van der Waals surface area contributed by atoms with Crippen molar-refractivity contribution in [2.75, 3.05) is 25.1 Å². The van der Waals surface area contributed by atoms with Crippen LogP contribution in [0.3, 0.4) is 0 Å². The van der Waals surface area contributed by atoms with Crippen LogP contribution in [-0.4, -0.2) is 41.2 Å². The summed E-state index contributed by atoms with van der Waals surface area (Å²) in [7, 11) is 1.64. The first-order valence-electron chi connectivity index (χ1n) is 11.9. The lowest BCUT2D eigenvalue weighted by Crippen LogP contribution is -2.38. The SMILES string of the molecule is COc1cccc(COc2ccc(-c3cnc(C)c(CC(=O)O)c3N3CCC(C)(C)CC3)nc2)c1. The topological polar surface area (TPSA) is 84.8 Å². The third-order valence-corrected chi connectivity index (χ3v) is 6.68. The zero-order valence-electron chi connectivity index (χ0n) is 20.9. The number of aryl methyl sites for hydroxylation is 1. The molecule has 1 fully saturated rings. The van der Waals surface area contributed by atoms with E-state index in [0.29, 0.717) is 12.4 Å². The normalized spacial score (nSPS) is 15.0. The molecular weight excluding hydrogens is 442 g/mol. The van der Waals surface area contributed by atoms with E-state index in [1.54, 1.807) is 13.3 Å². The predicted octanol–water partition coefficient (Wildman–Crippen LogP) is 5.29. The van der Waals surface area contributed by atoms with Gasteiger partial charge in [-0.05, 0) is 55.0 Å². The molecule has 0 spiro atoms. The summed E-state index contributed by atoms with van der Waals surface area (Å²) in [5.74, 6) is 0.584. The van der Waals surface area contributed by atoms with E-state index in [2.05, 4.69) is 28.7 Å². The molecule has 1 aromatic carbocycles. The van der Waals surface area contributed by atoms with Gasteiger partial charge in [-0.15, -0.1) is 0 Å². The second kappa shape index (κ2) is 10.3. The second-order valence-corrected chi connectivity index (χ2v) is 9.83. The Morgan fingerprint density at radius 3 is 2.51 bits per heavy atom. The molecule has 1 saturated heterocycles. The summed E-state index contributed by atoms with van der Waals surface area (Å²) >= 11 is 0. The molecule has 1 aliphatic rings. The Morgan fingerprint density at radius 1 is 1.09 bits per heavy atom. The fourth-order valence-electron chi connectivity index (χ4n) is 4.44. The van der Waals surface area contributed by atoms with Gasteiger partial charge in [-0.2, -0.15) is 0 Å². The van der Waals surface area contributed by atoms with E-state index < -0.39 is 5.97 Å². The number of anilines is 1. The number of hydrogen-bond donors (Lipinski definition) is 1. The first-order valence-corrected chi connectivity index (χ1v) is 11.9. The Bertz CT molecular complexity index is 1180. The van der Waals surface area contributed by atoms with Crippen LogP contribution < -0.4 is 14.4 Å². The quantitative estimate of drug-likeness (QED) is 0.474. The average Bonchev–Trinajstić information content (AvgIpc) is 2.84. The number of piperidine rings is 1. The van der Waals surface area contributed by atoms with Gasteiger partial charge in [0.15, 0.2) is 0 Å². The summed E-state index contributed by atoms with van der Waals surface area (Å²) in [6.45, 7) is 8.60. The molecule has 0 saturated carbocycles. The van der Waals surface area contributed by atoms with E-state index in [9.17, 15) is 9.90 Å². The Kier molecular flexibility index (Phi) is 7.24. The maximum atomic E-state index is 11.7. The van der Waals surface area contributed by atoms with Crippen molar-refractivity contribution >= 4 is 11.7 Å². The minimum absolute atomic E-state index is 0.0658. The second-order valence-electron chi connectivity index (χ2n) is 9.83. The highest BCUT2D eigenvalue weighted by Crippen LogP contribution is 2.39. The van der Waals surface area contributed by atoms with Gasteiger partial charge < -0.3 is 19.5 Å². The minimum atomic E-state index is -0.861. The highest BCUT2D eigenvalue weighted by Gasteiger charge is 2.29. The number of carbonyl (C=O) groups is 1. The molecule has 3 aromatic rings. The summed E-state index contributed by atoms with van der Waals surface area (Å²) in [4.78, 5) is 23.2. The van der Waals surface area contributed by atoms with Crippen molar-refractivity contribution in [1.82, 2.24) is 9.97 Å². The summed E-state index contributed by atoms with van der Waals surface area (Å²) in [6, 6.07) is 11.6. The predicted molar refractivity (Wildman–Crippen MR) is 136 cm³/mol. The van der Waals surface area contributed by atoms with Gasteiger partial charge in [0.1, 0.15) is 18.1 Å². The molecule has 184 valence electrons. The van der Waals surface area contributed by atoms with Crippen LogP contribution in [0.2, 0.25) is 0 Å². The molecule has 0 unspecified atom stereocenters. The van der Waals surface area contributed by atoms with Crippen molar-refractivity contribution in [2.45, 2.75) is 46.6 Å². The van der Waals surface area contributed by atoms with Gasteiger partial charge in [0, 0.05) is 36.1 Å². The Hall–Kier alpha value is -3.61. The maximum absolute atomic E-state index is 11.7. The molecule has 4 rings (SSSR count). The Balaban J connectivity index is 1.61. The van der Waals surface area contributed by atoms with Crippen LogP contribution in [0.1, 0.15) is 43.5 Å². The Labute approximate surface area is 206 Å². The lowest BCUT2D eigenvalue weighted by atomic mass is 9.82. The highest BCUT2D eigenvalue weighted by atomic mass is 16.5. The number of pyridine rings is 2. The van der Waals surface area contributed by atoms with Gasteiger partial charge in [-0.25, -0.2) is 0 Å². The highest BCUT2D eigenvalue weighted by molar-refractivity contribution is 5.83. The fourth-order valence-corrected chi connectivity index (χ4v) is 4.44. The molecule has 0 radical (unpaired) electrons. The lowest BCUT2D eigenvalue weighted by molar-refractivity contribution is -0.136. The zero-order chi connectivity index (χ0) is 25.0. The average molecular weight is 476 g/mol. The van der Waals surface area contributed by atoms with E-state index in [1.807, 2.05) is 49.5 Å². The third kappa shape index (κ3) is 5.91. The van der Waals surface area contributed by atoms with E-state index in [0.717, 1.165) is 65.4 Å². The van der Waals surface area contributed by atoms with Crippen molar-refractivity contribution in [3.05, 3.63) is 65.6 Å². The summed E-state index contributed by atoms with van der Waals surface area (Å²) in [5.41, 5.74) is 5.33. The number of aliphatic carboxylic acids is 1. The number of carboxylic acids is 1. The van der Waals surface area contributed by atoms with Crippen LogP contribution in [0.25, 0.3) is 11.3 Å². The van der Waals surface area contributed by atoms with Crippen LogP contribution in [0.15, 0.2) is 48.8 Å². The molecule has 0 amide bonds. The van der Waals surface area contributed by atoms with Crippen LogP contribution >= 0.6 is 0 Å². The van der Waals surface area contributed by atoms with E-state index >= 15 is 0 Å². The third-order valence-electron chi connectivity index (χ3n) is 6.68. The number of benzene rings is 1. The largest absolute Gasteiger partial charge is 0.497 e. The van der Waals surface area contributed by atoms with Crippen LogP contribution in [0, 0.1) is 12.3 Å². The van der Waals surface area contributed by atoms with Gasteiger partial charge in [0.05, 0.1) is 31.1 Å². The van der Waals surface area contributed by atoms with Crippen molar-refractivity contribution < 1.29 is 19.4 Å². The fraction of sp³-hybridized carbons (Fsp3) is 0.393. The Morgan fingerprint density at radius 2 is 1.86 bits per heavy atom. The zero-order valence-corrected chi connectivity index (χ0v) is 20.9. The summed E-state index contributed by atoms with van der Waals surface area (Å²) in [5, 5.41) is 9.59. The number of carboxylic acid groups (broad SMARTS) is 1. The summed E-state index contributed by atoms with van der Waals surface area (Å²) < 4.78 is 11.2. The van der Waals surface area contributed by atoms with Gasteiger partial charge in [-0.3, -0.25) is 14.8 Å². The maximum Gasteiger partial charge on any atom is 0.307 e. The van der Waals surface area contributed by atoms with Gasteiger partial charge >= 0.3 is 5.97 Å². The van der Waals surface area contributed by atoms with Crippen molar-refractivity contribution in [2.24, 2.45) is 5.41 Å². The first kappa shape index (κ1) is 24.5. The molecule has 2 aromatic heterocycles. The van der Waals surface area contributed by atoms with Crippen molar-refractivity contribution in [3.63, 3.8) is 0 Å². The van der Waals surface area contributed by atoms with Crippen molar-refractivity contribution in [3.8, 4) is 22.8 Å². The van der Waals surface area contributed by atoms with Gasteiger partial charge in [0.25, 0.3) is 0 Å². The van der Waals surface area contributed by atoms with Crippen LogP contribution in [0.5, 0.6) is 11.5 Å². The van der Waals surface area contributed by atoms with E-state index in [1.165, 1.54) is 0 Å². The molecule has 3 heterocycles. The number of aromatic nitrogens is 2. The molecular formula is C28H33N3O4. The standard InChI is InChI=1S/C28H33N3O4/c1-19-23(15-26(32)33)27(31-12-10-28(2,3)11-13-31)24(17-29-19)25-9-8-22(16-30-25)35-18-20-6-5-7-21(14-20)34-4/h5-9,14,16-17H,10-13,15,18H2,1-4H3,(H,32,33). The number of rotatable bonds is 8. The molecule has 7 heteroatoms. The molecule has 1 aliphatic heterocycles. The molecule has 0 aliphatic carbocycles. The summed E-state index contributed by atoms with van der Waals surface area (Å²) in [6.07, 6.45) is 5.55. The number of nitrogens with zero attached hydrogens (tertiary/aromatic N) is 3. The molecule has 35 heavy (non-hydrogen) atoms. The number of methoxy groups -OCH3 is 1. The smallest absolute Gasteiger partial charge is 0.307 e. The molecule has 0 bridgehead atoms.